The van der Waals surface area contributed by atoms with E-state index in [1.54, 1.807) is 14.0 Å². The van der Waals surface area contributed by atoms with Gasteiger partial charge in [0, 0.05) is 64.7 Å². The van der Waals surface area contributed by atoms with E-state index in [-0.39, 0.29) is 5.91 Å². The zero-order valence-electron chi connectivity index (χ0n) is 20.2. The normalized spacial score (nSPS) is 14.7. The molecule has 0 radical (unpaired) electrons. The van der Waals surface area contributed by atoms with Crippen molar-refractivity contribution in [1.82, 2.24) is 14.7 Å². The van der Waals surface area contributed by atoms with Crippen LogP contribution in [0.4, 0.5) is 0 Å². The molecule has 0 bridgehead atoms. The first-order valence-electron chi connectivity index (χ1n) is 12.1. The minimum Gasteiger partial charge on any atom is -0.496 e. The largest absolute Gasteiger partial charge is 0.496 e. The monoisotopic (exact) mass is 443 g/mol. The lowest BCUT2D eigenvalue weighted by Crippen LogP contribution is -2.50. The third-order valence-corrected chi connectivity index (χ3v) is 6.11. The van der Waals surface area contributed by atoms with Gasteiger partial charge in [-0.2, -0.15) is 0 Å². The fourth-order valence-electron chi connectivity index (χ4n) is 4.01. The number of hydrogen-bond donors (Lipinski definition) is 0. The summed E-state index contributed by atoms with van der Waals surface area (Å²) in [6, 6.07) is 7.85. The molecule has 0 atom stereocenters. The number of ether oxygens (including phenoxy) is 1. The molecule has 1 aliphatic heterocycles. The van der Waals surface area contributed by atoms with Crippen LogP contribution in [0, 0.1) is 0 Å². The summed E-state index contributed by atoms with van der Waals surface area (Å²) in [7, 11) is 1.66. The van der Waals surface area contributed by atoms with Crippen LogP contribution in [0.2, 0.25) is 0 Å². The first-order valence-corrected chi connectivity index (χ1v) is 12.1. The summed E-state index contributed by atoms with van der Waals surface area (Å²) >= 11 is 0. The van der Waals surface area contributed by atoms with E-state index in [0.717, 1.165) is 56.9 Å². The Hall–Kier alpha value is -2.34. The van der Waals surface area contributed by atoms with Gasteiger partial charge in [-0.3, -0.25) is 14.5 Å². The predicted octanol–water partition coefficient (Wildman–Crippen LogP) is 4.06. The summed E-state index contributed by atoms with van der Waals surface area (Å²) in [4.78, 5) is 30.7. The second-order valence-electron chi connectivity index (χ2n) is 8.50. The van der Waals surface area contributed by atoms with Gasteiger partial charge in [-0.25, -0.2) is 0 Å². The molecular weight excluding hydrogens is 402 g/mol. The maximum absolute atomic E-state index is 12.4. The molecule has 1 aliphatic rings. The van der Waals surface area contributed by atoms with Gasteiger partial charge in [0.15, 0.2) is 0 Å². The summed E-state index contributed by atoms with van der Waals surface area (Å²) in [5.41, 5.74) is 1.00. The lowest BCUT2D eigenvalue weighted by atomic mass is 10.1. The lowest BCUT2D eigenvalue weighted by molar-refractivity contribution is -0.133. The molecular formula is C26H41N3O3. The molecule has 0 aliphatic carbocycles. The van der Waals surface area contributed by atoms with Crippen LogP contribution in [0.1, 0.15) is 57.9 Å². The highest BCUT2D eigenvalue weighted by Gasteiger charge is 2.21. The number of amides is 2. The molecule has 1 fully saturated rings. The molecule has 1 aromatic rings. The van der Waals surface area contributed by atoms with E-state index in [1.807, 2.05) is 46.2 Å². The number of rotatable bonds is 13. The van der Waals surface area contributed by atoms with E-state index >= 15 is 0 Å². The Balaban J connectivity index is 1.71. The number of hydrogen-bond acceptors (Lipinski definition) is 4. The van der Waals surface area contributed by atoms with E-state index in [1.165, 1.54) is 19.3 Å². The standard InChI is InChI=1S/C26H41N3O3/c1-4-5-6-7-8-15-26(31)29-21-18-27(19-22-29)17-20-28(23(2)30)16-11-13-24-12-9-10-14-25(24)32-3/h9-14H,4-8,15-22H2,1-3H3. The second-order valence-corrected chi connectivity index (χ2v) is 8.50. The molecule has 2 amide bonds. The molecule has 2 rings (SSSR count). The van der Waals surface area contributed by atoms with Gasteiger partial charge >= 0.3 is 0 Å². The third-order valence-electron chi connectivity index (χ3n) is 6.11. The first kappa shape index (κ1) is 25.9. The lowest BCUT2D eigenvalue weighted by Gasteiger charge is -2.35. The minimum atomic E-state index is 0.0755. The topological polar surface area (TPSA) is 53.1 Å². The minimum absolute atomic E-state index is 0.0755. The van der Waals surface area contributed by atoms with Crippen LogP contribution in [-0.4, -0.2) is 79.4 Å². The van der Waals surface area contributed by atoms with Crippen LogP contribution in [-0.2, 0) is 9.59 Å². The Kier molecular flexibility index (Phi) is 11.9. The van der Waals surface area contributed by atoms with E-state index in [2.05, 4.69) is 11.8 Å². The highest BCUT2D eigenvalue weighted by Crippen LogP contribution is 2.18. The summed E-state index contributed by atoms with van der Waals surface area (Å²) in [5, 5.41) is 0. The number of methoxy groups -OCH3 is 1. The quantitative estimate of drug-likeness (QED) is 0.432. The Bertz CT molecular complexity index is 727. The van der Waals surface area contributed by atoms with Crippen LogP contribution in [0.15, 0.2) is 30.3 Å². The molecule has 6 heteroatoms. The zero-order chi connectivity index (χ0) is 23.2. The number of para-hydroxylation sites is 1. The van der Waals surface area contributed by atoms with E-state index in [9.17, 15) is 9.59 Å². The van der Waals surface area contributed by atoms with Gasteiger partial charge in [0.05, 0.1) is 7.11 Å². The number of piperazine rings is 1. The number of carbonyl (C=O) groups excluding carboxylic acids is 2. The fourth-order valence-corrected chi connectivity index (χ4v) is 4.01. The molecule has 178 valence electrons. The van der Waals surface area contributed by atoms with Crippen LogP contribution >= 0.6 is 0 Å². The number of benzene rings is 1. The van der Waals surface area contributed by atoms with Crippen molar-refractivity contribution in [3.8, 4) is 5.75 Å². The number of nitrogens with zero attached hydrogens (tertiary/aromatic N) is 3. The third kappa shape index (κ3) is 9.03. The molecule has 0 saturated carbocycles. The van der Waals surface area contributed by atoms with Crippen molar-refractivity contribution < 1.29 is 14.3 Å². The van der Waals surface area contributed by atoms with Crippen molar-refractivity contribution in [2.45, 2.75) is 52.4 Å². The van der Waals surface area contributed by atoms with Crippen molar-refractivity contribution in [2.24, 2.45) is 0 Å². The Labute approximate surface area is 194 Å². The zero-order valence-corrected chi connectivity index (χ0v) is 20.2. The van der Waals surface area contributed by atoms with Crippen molar-refractivity contribution in [3.63, 3.8) is 0 Å². The molecule has 0 N–H and O–H groups in total. The van der Waals surface area contributed by atoms with Gasteiger partial charge in [0.2, 0.25) is 11.8 Å². The van der Waals surface area contributed by atoms with Crippen molar-refractivity contribution in [1.29, 1.82) is 0 Å². The van der Waals surface area contributed by atoms with Crippen LogP contribution < -0.4 is 4.74 Å². The van der Waals surface area contributed by atoms with E-state index in [0.29, 0.717) is 25.4 Å². The highest BCUT2D eigenvalue weighted by molar-refractivity contribution is 5.76. The summed E-state index contributed by atoms with van der Waals surface area (Å²) in [6.07, 6.45) is 10.6. The van der Waals surface area contributed by atoms with Crippen molar-refractivity contribution in [2.75, 3.05) is 52.9 Å². The van der Waals surface area contributed by atoms with Gasteiger partial charge in [0.1, 0.15) is 5.75 Å². The Morgan fingerprint density at radius 3 is 2.47 bits per heavy atom. The maximum atomic E-state index is 12.4. The highest BCUT2D eigenvalue weighted by atomic mass is 16.5. The van der Waals surface area contributed by atoms with E-state index in [4.69, 9.17) is 4.74 Å². The molecule has 0 spiro atoms. The van der Waals surface area contributed by atoms with Crippen molar-refractivity contribution >= 4 is 17.9 Å². The van der Waals surface area contributed by atoms with Crippen LogP contribution in [0.3, 0.4) is 0 Å². The molecule has 1 saturated heterocycles. The molecule has 1 heterocycles. The van der Waals surface area contributed by atoms with E-state index < -0.39 is 0 Å². The smallest absolute Gasteiger partial charge is 0.222 e. The van der Waals surface area contributed by atoms with Gasteiger partial charge in [-0.15, -0.1) is 0 Å². The Morgan fingerprint density at radius 2 is 1.78 bits per heavy atom. The van der Waals surface area contributed by atoms with Gasteiger partial charge in [-0.1, -0.05) is 63.0 Å². The van der Waals surface area contributed by atoms with Crippen molar-refractivity contribution in [3.05, 3.63) is 35.9 Å². The Morgan fingerprint density at radius 1 is 1.06 bits per heavy atom. The average Bonchev–Trinajstić information content (AvgIpc) is 2.81. The molecule has 0 unspecified atom stereocenters. The van der Waals surface area contributed by atoms with Crippen LogP contribution in [0.5, 0.6) is 5.75 Å². The average molecular weight is 444 g/mol. The predicted molar refractivity (Wildman–Crippen MR) is 131 cm³/mol. The second kappa shape index (κ2) is 14.7. The molecule has 32 heavy (non-hydrogen) atoms. The number of unbranched alkanes of at least 4 members (excludes halogenated alkanes) is 4. The maximum Gasteiger partial charge on any atom is 0.222 e. The summed E-state index contributed by atoms with van der Waals surface area (Å²) in [6.45, 7) is 9.27. The summed E-state index contributed by atoms with van der Waals surface area (Å²) in [5.74, 6) is 1.20. The molecule has 1 aromatic carbocycles. The first-order chi connectivity index (χ1) is 15.5. The summed E-state index contributed by atoms with van der Waals surface area (Å²) < 4.78 is 5.37. The molecule has 6 nitrogen and oxygen atoms in total. The molecule has 0 aromatic heterocycles. The van der Waals surface area contributed by atoms with Gasteiger partial charge in [-0.05, 0) is 12.5 Å². The fraction of sp³-hybridized carbons (Fsp3) is 0.615. The SMILES string of the molecule is CCCCCCCC(=O)N1CCN(CCN(CC=Cc2ccccc2OC)C(C)=O)CC1. The van der Waals surface area contributed by atoms with Gasteiger partial charge < -0.3 is 14.5 Å². The van der Waals surface area contributed by atoms with Crippen LogP contribution in [0.25, 0.3) is 6.08 Å². The number of carbonyl (C=O) groups is 2. The van der Waals surface area contributed by atoms with Gasteiger partial charge in [0.25, 0.3) is 0 Å².